The first kappa shape index (κ1) is 17.2. The zero-order chi connectivity index (χ0) is 16.4. The molecule has 1 amide bonds. The summed E-state index contributed by atoms with van der Waals surface area (Å²) in [6.07, 6.45) is 1.87. The number of carbonyl (C=O) groups excluding carboxylic acids is 2. The zero-order valence-corrected chi connectivity index (χ0v) is 15.3. The van der Waals surface area contributed by atoms with Crippen molar-refractivity contribution in [3.8, 4) is 0 Å². The van der Waals surface area contributed by atoms with Crippen LogP contribution in [0.4, 0.5) is 5.69 Å². The van der Waals surface area contributed by atoms with Crippen molar-refractivity contribution in [1.82, 2.24) is 0 Å². The van der Waals surface area contributed by atoms with Crippen LogP contribution in [0.25, 0.3) is 0 Å². The summed E-state index contributed by atoms with van der Waals surface area (Å²) in [4.78, 5) is 26.5. The quantitative estimate of drug-likeness (QED) is 0.591. The average Bonchev–Trinajstić information content (AvgIpc) is 2.51. The Morgan fingerprint density at radius 3 is 2.45 bits per heavy atom. The van der Waals surface area contributed by atoms with Gasteiger partial charge in [0.25, 0.3) is 0 Å². The molecule has 0 fully saturated rings. The first-order valence-corrected chi connectivity index (χ1v) is 8.87. The van der Waals surface area contributed by atoms with Crippen molar-refractivity contribution in [1.29, 1.82) is 0 Å². The molecule has 0 saturated carbocycles. The van der Waals surface area contributed by atoms with Gasteiger partial charge in [-0.25, -0.2) is 0 Å². The smallest absolute Gasteiger partial charge is 0.229 e. The van der Waals surface area contributed by atoms with Gasteiger partial charge in [0.1, 0.15) is 0 Å². The minimum Gasteiger partial charge on any atom is -0.312 e. The summed E-state index contributed by atoms with van der Waals surface area (Å²) in [5.74, 6) is 0.508. The highest BCUT2D eigenvalue weighted by atomic mass is 79.9. The zero-order valence-electron chi connectivity index (χ0n) is 13.7. The van der Waals surface area contributed by atoms with E-state index in [4.69, 9.17) is 0 Å². The number of benzene rings is 1. The van der Waals surface area contributed by atoms with Gasteiger partial charge in [-0.2, -0.15) is 0 Å². The predicted octanol–water partition coefficient (Wildman–Crippen LogP) is 4.22. The van der Waals surface area contributed by atoms with Crippen molar-refractivity contribution < 1.29 is 9.59 Å². The molecule has 0 spiro atoms. The molecule has 0 aromatic heterocycles. The SMILES string of the molecule is CC(C)C(=O)N1CCCc2cc(C(=O)C(Br)C(C)C)ccc21. The molecular weight excluding hydrogens is 342 g/mol. The summed E-state index contributed by atoms with van der Waals surface area (Å²) >= 11 is 3.48. The number of hydrogen-bond acceptors (Lipinski definition) is 2. The summed E-state index contributed by atoms with van der Waals surface area (Å²) in [6.45, 7) is 8.67. The first-order chi connectivity index (χ1) is 10.3. The highest BCUT2D eigenvalue weighted by molar-refractivity contribution is 9.10. The van der Waals surface area contributed by atoms with E-state index < -0.39 is 0 Å². The molecule has 2 rings (SSSR count). The lowest BCUT2D eigenvalue weighted by Gasteiger charge is -2.31. The molecule has 1 aliphatic heterocycles. The molecule has 0 saturated heterocycles. The maximum absolute atomic E-state index is 12.5. The van der Waals surface area contributed by atoms with E-state index in [0.29, 0.717) is 0 Å². The Morgan fingerprint density at radius 1 is 1.18 bits per heavy atom. The van der Waals surface area contributed by atoms with Crippen molar-refractivity contribution in [3.05, 3.63) is 29.3 Å². The van der Waals surface area contributed by atoms with Gasteiger partial charge < -0.3 is 4.90 Å². The third-order valence-electron chi connectivity index (χ3n) is 4.08. The van der Waals surface area contributed by atoms with E-state index in [1.165, 1.54) is 0 Å². The Hall–Kier alpha value is -1.16. The Balaban J connectivity index is 2.32. The number of alkyl halides is 1. The van der Waals surface area contributed by atoms with E-state index in [2.05, 4.69) is 15.9 Å². The van der Waals surface area contributed by atoms with Gasteiger partial charge in [0, 0.05) is 23.7 Å². The van der Waals surface area contributed by atoms with Gasteiger partial charge in [-0.1, -0.05) is 43.6 Å². The Morgan fingerprint density at radius 2 is 1.86 bits per heavy atom. The van der Waals surface area contributed by atoms with Crippen LogP contribution in [0.5, 0.6) is 0 Å². The molecule has 1 atom stereocenters. The van der Waals surface area contributed by atoms with Gasteiger partial charge in [0.15, 0.2) is 5.78 Å². The topological polar surface area (TPSA) is 37.4 Å². The second-order valence-electron chi connectivity index (χ2n) is 6.60. The van der Waals surface area contributed by atoms with E-state index in [9.17, 15) is 9.59 Å². The number of carbonyl (C=O) groups is 2. The highest BCUT2D eigenvalue weighted by Gasteiger charge is 2.26. The molecule has 1 aromatic carbocycles. The second-order valence-corrected chi connectivity index (χ2v) is 7.59. The van der Waals surface area contributed by atoms with Gasteiger partial charge in [-0.05, 0) is 42.5 Å². The van der Waals surface area contributed by atoms with Gasteiger partial charge >= 0.3 is 0 Å². The normalized spacial score (nSPS) is 15.9. The van der Waals surface area contributed by atoms with E-state index in [0.717, 1.165) is 36.2 Å². The second kappa shape index (κ2) is 6.95. The summed E-state index contributed by atoms with van der Waals surface area (Å²) in [5, 5.41) is 0. The number of anilines is 1. The molecule has 1 aromatic rings. The Labute approximate surface area is 141 Å². The molecule has 4 heteroatoms. The third kappa shape index (κ3) is 3.43. The van der Waals surface area contributed by atoms with Gasteiger partial charge in [-0.15, -0.1) is 0 Å². The van der Waals surface area contributed by atoms with E-state index in [1.807, 2.05) is 50.8 Å². The number of fused-ring (bicyclic) bond motifs is 1. The van der Waals surface area contributed by atoms with Crippen LogP contribution in [0.3, 0.4) is 0 Å². The molecule has 1 heterocycles. The van der Waals surface area contributed by atoms with Gasteiger partial charge in [0.05, 0.1) is 4.83 Å². The van der Waals surface area contributed by atoms with Crippen LogP contribution in [0.2, 0.25) is 0 Å². The number of Topliss-reactive ketones (excluding diaryl/α,β-unsaturated/α-hetero) is 1. The molecule has 3 nitrogen and oxygen atoms in total. The van der Waals surface area contributed by atoms with Crippen LogP contribution in [0.1, 0.15) is 50.0 Å². The molecule has 1 aliphatic rings. The van der Waals surface area contributed by atoms with Crippen LogP contribution in [0, 0.1) is 11.8 Å². The number of ketones is 1. The molecule has 0 bridgehead atoms. The van der Waals surface area contributed by atoms with Crippen molar-refractivity contribution in [3.63, 3.8) is 0 Å². The van der Waals surface area contributed by atoms with E-state index >= 15 is 0 Å². The summed E-state index contributed by atoms with van der Waals surface area (Å²) in [6, 6.07) is 5.75. The van der Waals surface area contributed by atoms with Crippen molar-refractivity contribution >= 4 is 33.3 Å². The van der Waals surface area contributed by atoms with Crippen molar-refractivity contribution in [2.45, 2.75) is 45.4 Å². The van der Waals surface area contributed by atoms with Crippen LogP contribution in [-0.2, 0) is 11.2 Å². The number of amides is 1. The fourth-order valence-electron chi connectivity index (χ4n) is 2.75. The lowest BCUT2D eigenvalue weighted by atomic mass is 9.94. The molecule has 0 aliphatic carbocycles. The largest absolute Gasteiger partial charge is 0.312 e. The van der Waals surface area contributed by atoms with Crippen molar-refractivity contribution in [2.75, 3.05) is 11.4 Å². The number of rotatable bonds is 4. The molecular formula is C18H24BrNO2. The summed E-state index contributed by atoms with van der Waals surface area (Å²) in [7, 11) is 0. The number of nitrogens with zero attached hydrogens (tertiary/aromatic N) is 1. The van der Waals surface area contributed by atoms with Crippen LogP contribution in [0.15, 0.2) is 18.2 Å². The van der Waals surface area contributed by atoms with Crippen molar-refractivity contribution in [2.24, 2.45) is 11.8 Å². The lowest BCUT2D eigenvalue weighted by Crippen LogP contribution is -2.38. The average molecular weight is 366 g/mol. The molecule has 0 N–H and O–H groups in total. The summed E-state index contributed by atoms with van der Waals surface area (Å²) in [5.41, 5.74) is 2.81. The molecule has 22 heavy (non-hydrogen) atoms. The summed E-state index contributed by atoms with van der Waals surface area (Å²) < 4.78 is 0. The van der Waals surface area contributed by atoms with Crippen LogP contribution >= 0.6 is 15.9 Å². The Kier molecular flexibility index (Phi) is 5.43. The fraction of sp³-hybridized carbons (Fsp3) is 0.556. The molecule has 0 radical (unpaired) electrons. The van der Waals surface area contributed by atoms with Crippen LogP contribution < -0.4 is 4.90 Å². The van der Waals surface area contributed by atoms with E-state index in [-0.39, 0.29) is 28.4 Å². The van der Waals surface area contributed by atoms with Gasteiger partial charge in [0.2, 0.25) is 5.91 Å². The maximum Gasteiger partial charge on any atom is 0.229 e. The standard InChI is InChI=1S/C18H24BrNO2/c1-11(2)16(19)17(21)14-7-8-15-13(10-14)6-5-9-20(15)18(22)12(3)4/h7-8,10-12,16H,5-6,9H2,1-4H3. The highest BCUT2D eigenvalue weighted by Crippen LogP contribution is 2.30. The van der Waals surface area contributed by atoms with E-state index in [1.54, 1.807) is 0 Å². The maximum atomic E-state index is 12.5. The number of hydrogen-bond donors (Lipinski definition) is 0. The molecule has 120 valence electrons. The Bertz CT molecular complexity index is 580. The predicted molar refractivity (Wildman–Crippen MR) is 93.8 cm³/mol. The molecule has 1 unspecified atom stereocenters. The number of aryl methyl sites for hydroxylation is 1. The fourth-order valence-corrected chi connectivity index (χ4v) is 3.02. The number of halogens is 1. The minimum absolute atomic E-state index is 0.0138. The van der Waals surface area contributed by atoms with Gasteiger partial charge in [-0.3, -0.25) is 9.59 Å². The third-order valence-corrected chi connectivity index (χ3v) is 5.55. The van der Waals surface area contributed by atoms with Crippen LogP contribution in [-0.4, -0.2) is 23.1 Å². The lowest BCUT2D eigenvalue weighted by molar-refractivity contribution is -0.121. The monoisotopic (exact) mass is 365 g/mol. The minimum atomic E-state index is -0.164. The first-order valence-electron chi connectivity index (χ1n) is 7.95.